The number of aryl methyl sites for hydroxylation is 3. The first-order valence-corrected chi connectivity index (χ1v) is 11.3. The van der Waals surface area contributed by atoms with Crippen LogP contribution in [0.25, 0.3) is 10.2 Å². The third-order valence-electron chi connectivity index (χ3n) is 5.48. The number of likely N-dealkylation sites (N-methyl/N-ethyl adjacent to an activating group) is 1. The Kier molecular flexibility index (Phi) is 5.91. The predicted molar refractivity (Wildman–Crippen MR) is 123 cm³/mol. The quantitative estimate of drug-likeness (QED) is 0.551. The molecular weight excluding hydrogens is 402 g/mol. The van der Waals surface area contributed by atoms with E-state index in [1.54, 1.807) is 0 Å². The van der Waals surface area contributed by atoms with E-state index in [4.69, 9.17) is 16.6 Å². The van der Waals surface area contributed by atoms with Crippen LogP contribution in [0.2, 0.25) is 5.02 Å². The summed E-state index contributed by atoms with van der Waals surface area (Å²) in [5.41, 5.74) is 5.41. The Labute approximate surface area is 181 Å². The summed E-state index contributed by atoms with van der Waals surface area (Å²) in [7, 11) is 4.04. The first-order chi connectivity index (χ1) is 13.9. The van der Waals surface area contributed by atoms with Crippen molar-refractivity contribution in [3.8, 4) is 0 Å². The molecule has 0 spiro atoms. The number of benzene rings is 2. The molecule has 3 aromatic rings. The second kappa shape index (κ2) is 8.42. The number of aromatic nitrogens is 1. The van der Waals surface area contributed by atoms with Gasteiger partial charge in [0.15, 0.2) is 5.13 Å². The van der Waals surface area contributed by atoms with Gasteiger partial charge in [-0.25, -0.2) is 4.98 Å². The molecule has 29 heavy (non-hydrogen) atoms. The molecule has 0 saturated heterocycles. The van der Waals surface area contributed by atoms with Crippen LogP contribution in [0.5, 0.6) is 0 Å². The summed E-state index contributed by atoms with van der Waals surface area (Å²) in [6.45, 7) is 3.37. The summed E-state index contributed by atoms with van der Waals surface area (Å²) in [6, 6.07) is 10.1. The molecule has 0 radical (unpaired) electrons. The molecule has 2 aromatic carbocycles. The third-order valence-corrected chi connectivity index (χ3v) is 6.72. The minimum atomic E-state index is 0.0167. The summed E-state index contributed by atoms with van der Waals surface area (Å²) >= 11 is 7.76. The van der Waals surface area contributed by atoms with Crippen LogP contribution in [-0.4, -0.2) is 43.0 Å². The van der Waals surface area contributed by atoms with Crippen molar-refractivity contribution < 1.29 is 4.79 Å². The van der Waals surface area contributed by atoms with Crippen LogP contribution in [0.3, 0.4) is 0 Å². The monoisotopic (exact) mass is 427 g/mol. The Balaban J connectivity index is 1.72. The number of fused-ring (bicyclic) bond motifs is 2. The van der Waals surface area contributed by atoms with Crippen molar-refractivity contribution in [2.75, 3.05) is 32.1 Å². The lowest BCUT2D eigenvalue weighted by atomic mass is 9.90. The fourth-order valence-corrected chi connectivity index (χ4v) is 5.31. The van der Waals surface area contributed by atoms with Crippen LogP contribution in [0, 0.1) is 6.92 Å². The third kappa shape index (κ3) is 4.32. The highest BCUT2D eigenvalue weighted by Gasteiger charge is 2.23. The normalized spacial score (nSPS) is 13.7. The van der Waals surface area contributed by atoms with Crippen LogP contribution in [0.4, 0.5) is 5.13 Å². The maximum atomic E-state index is 13.5. The van der Waals surface area contributed by atoms with Crippen LogP contribution < -0.4 is 4.90 Å². The molecule has 1 heterocycles. The zero-order valence-electron chi connectivity index (χ0n) is 17.2. The largest absolute Gasteiger partial charge is 0.308 e. The van der Waals surface area contributed by atoms with Gasteiger partial charge in [0.2, 0.25) is 0 Å². The molecule has 6 heteroatoms. The van der Waals surface area contributed by atoms with Gasteiger partial charge in [-0.1, -0.05) is 29.0 Å². The van der Waals surface area contributed by atoms with Gasteiger partial charge >= 0.3 is 0 Å². The lowest BCUT2D eigenvalue weighted by molar-refractivity contribution is 0.0985. The van der Waals surface area contributed by atoms with Gasteiger partial charge in [0.05, 0.1) is 10.2 Å². The van der Waals surface area contributed by atoms with Crippen LogP contribution in [0.15, 0.2) is 30.3 Å². The number of carbonyl (C=O) groups is 1. The highest BCUT2D eigenvalue weighted by molar-refractivity contribution is 7.22. The fraction of sp³-hybridized carbons (Fsp3) is 0.391. The lowest BCUT2D eigenvalue weighted by Gasteiger charge is -2.23. The van der Waals surface area contributed by atoms with Crippen LogP contribution >= 0.6 is 22.9 Å². The minimum Gasteiger partial charge on any atom is -0.308 e. The summed E-state index contributed by atoms with van der Waals surface area (Å²) in [4.78, 5) is 22.2. The first-order valence-electron chi connectivity index (χ1n) is 10.1. The average Bonchev–Trinajstić information content (AvgIpc) is 3.11. The molecule has 1 aliphatic rings. The van der Waals surface area contributed by atoms with Gasteiger partial charge in [-0.05, 0) is 87.7 Å². The SMILES string of the molecule is Cc1cc(Cl)cc2sc(N(CCN(C)C)C(=O)c3ccc4c(c3)CCCC4)nc12. The van der Waals surface area contributed by atoms with E-state index in [0.717, 1.165) is 45.9 Å². The number of halogens is 1. The maximum Gasteiger partial charge on any atom is 0.260 e. The van der Waals surface area contributed by atoms with E-state index >= 15 is 0 Å². The van der Waals surface area contributed by atoms with Crippen LogP contribution in [0.1, 0.15) is 39.9 Å². The van der Waals surface area contributed by atoms with Gasteiger partial charge in [-0.2, -0.15) is 0 Å². The number of carbonyl (C=O) groups excluding carboxylic acids is 1. The van der Waals surface area contributed by atoms with E-state index in [-0.39, 0.29) is 5.91 Å². The molecule has 4 nitrogen and oxygen atoms in total. The van der Waals surface area contributed by atoms with Crippen molar-refractivity contribution >= 4 is 44.2 Å². The van der Waals surface area contributed by atoms with Gasteiger partial charge in [0, 0.05) is 23.7 Å². The van der Waals surface area contributed by atoms with Crippen molar-refractivity contribution in [1.82, 2.24) is 9.88 Å². The molecular formula is C23H26ClN3OS. The van der Waals surface area contributed by atoms with Gasteiger partial charge in [-0.15, -0.1) is 0 Å². The molecule has 0 fully saturated rings. The van der Waals surface area contributed by atoms with Crippen molar-refractivity contribution in [2.24, 2.45) is 0 Å². The molecule has 152 valence electrons. The molecule has 1 aromatic heterocycles. The fourth-order valence-electron chi connectivity index (χ4n) is 3.86. The molecule has 0 N–H and O–H groups in total. The lowest BCUT2D eigenvalue weighted by Crippen LogP contribution is -2.36. The van der Waals surface area contributed by atoms with Crippen molar-refractivity contribution in [1.29, 1.82) is 0 Å². The maximum absolute atomic E-state index is 13.5. The van der Waals surface area contributed by atoms with E-state index in [9.17, 15) is 4.79 Å². The van der Waals surface area contributed by atoms with Gasteiger partial charge in [0.1, 0.15) is 0 Å². The Hall–Kier alpha value is -1.95. The van der Waals surface area contributed by atoms with Crippen molar-refractivity contribution in [3.05, 3.63) is 57.6 Å². The van der Waals surface area contributed by atoms with E-state index in [2.05, 4.69) is 17.0 Å². The summed E-state index contributed by atoms with van der Waals surface area (Å²) in [5.74, 6) is 0.0167. The topological polar surface area (TPSA) is 36.4 Å². The second-order valence-electron chi connectivity index (χ2n) is 8.02. The zero-order chi connectivity index (χ0) is 20.5. The van der Waals surface area contributed by atoms with E-state index in [1.165, 1.54) is 35.3 Å². The molecule has 1 aliphatic carbocycles. The predicted octanol–water partition coefficient (Wildman–Crippen LogP) is 5.35. The zero-order valence-corrected chi connectivity index (χ0v) is 18.7. The molecule has 0 bridgehead atoms. The Morgan fingerprint density at radius 1 is 1.10 bits per heavy atom. The standard InChI is InChI=1S/C23H26ClN3OS/c1-15-12-19(24)14-20-21(15)25-23(29-20)27(11-10-26(2)3)22(28)18-9-8-16-6-4-5-7-17(16)13-18/h8-9,12-14H,4-7,10-11H2,1-3H3. The highest BCUT2D eigenvalue weighted by atomic mass is 35.5. The first kappa shape index (κ1) is 20.3. The Morgan fingerprint density at radius 3 is 2.62 bits per heavy atom. The number of hydrogen-bond donors (Lipinski definition) is 0. The van der Waals surface area contributed by atoms with Gasteiger partial charge in [-0.3, -0.25) is 9.69 Å². The molecule has 1 amide bonds. The molecule has 0 aliphatic heterocycles. The summed E-state index contributed by atoms with van der Waals surface area (Å²) < 4.78 is 1.01. The Bertz CT molecular complexity index is 1060. The van der Waals surface area contributed by atoms with E-state index < -0.39 is 0 Å². The molecule has 4 rings (SSSR count). The Morgan fingerprint density at radius 2 is 1.86 bits per heavy atom. The molecule has 0 unspecified atom stereocenters. The number of rotatable bonds is 5. The number of nitrogens with zero attached hydrogens (tertiary/aromatic N) is 3. The summed E-state index contributed by atoms with van der Waals surface area (Å²) in [5, 5.41) is 1.43. The van der Waals surface area contributed by atoms with E-state index in [0.29, 0.717) is 11.6 Å². The van der Waals surface area contributed by atoms with Crippen molar-refractivity contribution in [3.63, 3.8) is 0 Å². The molecule has 0 saturated carbocycles. The van der Waals surface area contributed by atoms with Gasteiger partial charge < -0.3 is 4.90 Å². The number of anilines is 1. The summed E-state index contributed by atoms with van der Waals surface area (Å²) in [6.07, 6.45) is 4.62. The molecule has 0 atom stereocenters. The second-order valence-corrected chi connectivity index (χ2v) is 9.46. The van der Waals surface area contributed by atoms with Gasteiger partial charge in [0.25, 0.3) is 5.91 Å². The van der Waals surface area contributed by atoms with Crippen molar-refractivity contribution in [2.45, 2.75) is 32.6 Å². The average molecular weight is 428 g/mol. The van der Waals surface area contributed by atoms with E-state index in [1.807, 2.05) is 44.1 Å². The van der Waals surface area contributed by atoms with Crippen LogP contribution in [-0.2, 0) is 12.8 Å². The minimum absolute atomic E-state index is 0.0167. The smallest absolute Gasteiger partial charge is 0.260 e. The number of amides is 1. The number of hydrogen-bond acceptors (Lipinski definition) is 4. The number of thiazole rings is 1. The highest BCUT2D eigenvalue weighted by Crippen LogP contribution is 2.34.